The molecule has 3 saturated heterocycles. The van der Waals surface area contributed by atoms with Crippen molar-refractivity contribution in [2.24, 2.45) is 0 Å². The van der Waals surface area contributed by atoms with Crippen LogP contribution in [0.3, 0.4) is 0 Å². The molecule has 9 nitrogen and oxygen atoms in total. The first-order valence-corrected chi connectivity index (χ1v) is 11.9. The average molecular weight is 470 g/mol. The number of anilines is 1. The number of rotatable bonds is 4. The van der Waals surface area contributed by atoms with Crippen LogP contribution < -0.4 is 4.90 Å². The molecule has 174 valence electrons. The molecule has 0 unspecified atom stereocenters. The fourth-order valence-corrected chi connectivity index (χ4v) is 5.50. The van der Waals surface area contributed by atoms with E-state index in [2.05, 4.69) is 33.0 Å². The van der Waals surface area contributed by atoms with Gasteiger partial charge in [0.05, 0.1) is 53.6 Å². The molecule has 10 heteroatoms. The van der Waals surface area contributed by atoms with Crippen molar-refractivity contribution in [1.82, 2.24) is 29.4 Å². The number of aromatic nitrogens is 4. The minimum atomic E-state index is -0.241. The number of piperazine rings is 1. The maximum Gasteiger partial charge on any atom is 0.247 e. The Balaban J connectivity index is 1.27. The molecule has 33 heavy (non-hydrogen) atoms. The van der Waals surface area contributed by atoms with Crippen molar-refractivity contribution in [3.05, 3.63) is 35.7 Å². The van der Waals surface area contributed by atoms with Crippen molar-refractivity contribution in [3.8, 4) is 5.69 Å². The first-order valence-electron chi connectivity index (χ1n) is 11.5. The zero-order chi connectivity index (χ0) is 22.7. The molecule has 0 bridgehead atoms. The van der Waals surface area contributed by atoms with E-state index in [0.717, 1.165) is 79.7 Å². The van der Waals surface area contributed by atoms with Crippen LogP contribution in [0.5, 0.6) is 0 Å². The topological polar surface area (TPSA) is 71.7 Å². The number of hydrogen-bond acceptors (Lipinski definition) is 6. The van der Waals surface area contributed by atoms with Crippen LogP contribution in [0, 0.1) is 0 Å². The Morgan fingerprint density at radius 3 is 2.55 bits per heavy atom. The van der Waals surface area contributed by atoms with Gasteiger partial charge in [-0.2, -0.15) is 10.2 Å². The van der Waals surface area contributed by atoms with Crippen LogP contribution in [0.1, 0.15) is 19.4 Å². The number of amides is 1. The highest BCUT2D eigenvalue weighted by molar-refractivity contribution is 6.34. The normalized spacial score (nSPS) is 23.5. The van der Waals surface area contributed by atoms with E-state index >= 15 is 0 Å². The summed E-state index contributed by atoms with van der Waals surface area (Å²) < 4.78 is 9.09. The van der Waals surface area contributed by atoms with Crippen molar-refractivity contribution >= 4 is 34.1 Å². The Bertz CT molecular complexity index is 1210. The Labute approximate surface area is 197 Å². The molecule has 1 amide bonds. The number of ether oxygens (including phenoxy) is 1. The van der Waals surface area contributed by atoms with E-state index in [1.165, 1.54) is 0 Å². The largest absolute Gasteiger partial charge is 0.377 e. The van der Waals surface area contributed by atoms with Gasteiger partial charge in [0, 0.05) is 45.2 Å². The standard InChI is InChI=1S/C23H28ClN7O2/c1-23(14-33-15-23)29-7-5-28(6-8-29)21-10-20-16(9-18(21)24)11-26-31(20)17-12-25-30(13-17)19-3-4-27(2)22(19)32/h9-13,19H,3-8,14-15H2,1-2H3/t19-/m1/s1. The van der Waals surface area contributed by atoms with E-state index in [0.29, 0.717) is 0 Å². The van der Waals surface area contributed by atoms with Gasteiger partial charge in [-0.15, -0.1) is 0 Å². The lowest BCUT2D eigenvalue weighted by Crippen LogP contribution is -2.64. The van der Waals surface area contributed by atoms with Crippen LogP contribution in [-0.2, 0) is 9.53 Å². The zero-order valence-corrected chi connectivity index (χ0v) is 19.7. The summed E-state index contributed by atoms with van der Waals surface area (Å²) in [5, 5.41) is 10.8. The van der Waals surface area contributed by atoms with Crippen LogP contribution in [0.2, 0.25) is 5.02 Å². The highest BCUT2D eigenvalue weighted by atomic mass is 35.5. The minimum absolute atomic E-state index is 0.102. The molecule has 3 aliphatic heterocycles. The number of fused-ring (bicyclic) bond motifs is 1. The van der Waals surface area contributed by atoms with Crippen molar-refractivity contribution in [2.75, 3.05) is 57.9 Å². The lowest BCUT2D eigenvalue weighted by Gasteiger charge is -2.50. The number of nitrogens with zero attached hydrogens (tertiary/aromatic N) is 7. The molecule has 0 saturated carbocycles. The molecule has 0 spiro atoms. The summed E-state index contributed by atoms with van der Waals surface area (Å²) >= 11 is 6.71. The van der Waals surface area contributed by atoms with Gasteiger partial charge in [-0.05, 0) is 25.5 Å². The second-order valence-corrected chi connectivity index (χ2v) is 10.0. The SMILES string of the molecule is CN1CC[C@@H](n2cc(-n3ncc4cc(Cl)c(N5CCN(C6(C)COC6)CC5)cc43)cn2)C1=O. The molecular formula is C23H28ClN7O2. The van der Waals surface area contributed by atoms with E-state index in [1.54, 1.807) is 15.8 Å². The van der Waals surface area contributed by atoms with Crippen LogP contribution in [0.15, 0.2) is 30.7 Å². The molecule has 2 aromatic heterocycles. The molecule has 1 atom stereocenters. The number of benzene rings is 1. The Hall–Kier alpha value is -2.62. The molecule has 3 aliphatic rings. The molecule has 5 heterocycles. The Morgan fingerprint density at radius 1 is 1.09 bits per heavy atom. The number of carbonyl (C=O) groups is 1. The molecular weight excluding hydrogens is 442 g/mol. The smallest absolute Gasteiger partial charge is 0.247 e. The fourth-order valence-electron chi connectivity index (χ4n) is 5.21. The molecule has 0 aliphatic carbocycles. The molecule has 0 radical (unpaired) electrons. The van der Waals surface area contributed by atoms with Crippen molar-refractivity contribution < 1.29 is 9.53 Å². The van der Waals surface area contributed by atoms with Gasteiger partial charge in [0.15, 0.2) is 0 Å². The first kappa shape index (κ1) is 20.9. The van der Waals surface area contributed by atoms with E-state index in [9.17, 15) is 4.79 Å². The van der Waals surface area contributed by atoms with Gasteiger partial charge >= 0.3 is 0 Å². The maximum absolute atomic E-state index is 12.4. The summed E-state index contributed by atoms with van der Waals surface area (Å²) in [6.45, 7) is 8.49. The Kier molecular flexibility index (Phi) is 4.90. The molecule has 1 aromatic carbocycles. The third kappa shape index (κ3) is 3.41. The predicted octanol–water partition coefficient (Wildman–Crippen LogP) is 2.19. The summed E-state index contributed by atoms with van der Waals surface area (Å²) in [7, 11) is 1.83. The number of likely N-dealkylation sites (N-methyl/N-ethyl adjacent to an activating group) is 1. The molecule has 6 rings (SSSR count). The van der Waals surface area contributed by atoms with Gasteiger partial charge in [-0.3, -0.25) is 14.4 Å². The van der Waals surface area contributed by atoms with E-state index in [1.807, 2.05) is 30.2 Å². The maximum atomic E-state index is 12.4. The summed E-state index contributed by atoms with van der Waals surface area (Å²) in [5.41, 5.74) is 3.02. The summed E-state index contributed by atoms with van der Waals surface area (Å²) in [4.78, 5) is 19.0. The third-order valence-corrected chi connectivity index (χ3v) is 7.70. The quantitative estimate of drug-likeness (QED) is 0.583. The highest BCUT2D eigenvalue weighted by Crippen LogP contribution is 2.34. The van der Waals surface area contributed by atoms with E-state index < -0.39 is 0 Å². The van der Waals surface area contributed by atoms with Crippen LogP contribution in [-0.4, -0.2) is 93.8 Å². The summed E-state index contributed by atoms with van der Waals surface area (Å²) in [6.07, 6.45) is 6.27. The van der Waals surface area contributed by atoms with Gasteiger partial charge in [0.25, 0.3) is 0 Å². The van der Waals surface area contributed by atoms with Crippen LogP contribution >= 0.6 is 11.6 Å². The number of carbonyl (C=O) groups excluding carboxylic acids is 1. The van der Waals surface area contributed by atoms with Gasteiger partial charge < -0.3 is 14.5 Å². The van der Waals surface area contributed by atoms with E-state index in [-0.39, 0.29) is 17.5 Å². The minimum Gasteiger partial charge on any atom is -0.377 e. The lowest BCUT2D eigenvalue weighted by molar-refractivity contribution is -0.131. The predicted molar refractivity (Wildman–Crippen MR) is 126 cm³/mol. The van der Waals surface area contributed by atoms with Gasteiger partial charge in [-0.25, -0.2) is 4.68 Å². The molecule has 0 N–H and O–H groups in total. The average Bonchev–Trinajstić information content (AvgIpc) is 3.51. The number of halogens is 1. The second-order valence-electron chi connectivity index (χ2n) is 9.63. The molecule has 3 fully saturated rings. The van der Waals surface area contributed by atoms with Crippen molar-refractivity contribution in [3.63, 3.8) is 0 Å². The fraction of sp³-hybridized carbons (Fsp3) is 0.522. The first-order chi connectivity index (χ1) is 15.9. The van der Waals surface area contributed by atoms with Gasteiger partial charge in [0.1, 0.15) is 11.7 Å². The van der Waals surface area contributed by atoms with E-state index in [4.69, 9.17) is 16.3 Å². The van der Waals surface area contributed by atoms with Gasteiger partial charge in [0.2, 0.25) is 5.91 Å². The summed E-state index contributed by atoms with van der Waals surface area (Å²) in [5.74, 6) is 0.102. The van der Waals surface area contributed by atoms with Gasteiger partial charge in [-0.1, -0.05) is 11.6 Å². The Morgan fingerprint density at radius 2 is 1.88 bits per heavy atom. The second kappa shape index (κ2) is 7.72. The number of likely N-dealkylation sites (tertiary alicyclic amines) is 1. The molecule has 3 aromatic rings. The monoisotopic (exact) mass is 469 g/mol. The van der Waals surface area contributed by atoms with Crippen molar-refractivity contribution in [1.29, 1.82) is 0 Å². The third-order valence-electron chi connectivity index (χ3n) is 7.40. The highest BCUT2D eigenvalue weighted by Gasteiger charge is 2.40. The number of hydrogen-bond donors (Lipinski definition) is 0. The lowest BCUT2D eigenvalue weighted by atomic mass is 9.97. The summed E-state index contributed by atoms with van der Waals surface area (Å²) in [6, 6.07) is 3.87. The van der Waals surface area contributed by atoms with Crippen molar-refractivity contribution in [2.45, 2.75) is 24.9 Å². The van der Waals surface area contributed by atoms with Crippen LogP contribution in [0.25, 0.3) is 16.6 Å². The van der Waals surface area contributed by atoms with Crippen LogP contribution in [0.4, 0.5) is 5.69 Å². The zero-order valence-electron chi connectivity index (χ0n) is 18.9.